The van der Waals surface area contributed by atoms with Crippen molar-refractivity contribution in [3.05, 3.63) is 48.4 Å². The van der Waals surface area contributed by atoms with E-state index in [0.717, 1.165) is 30.2 Å². The van der Waals surface area contributed by atoms with Gasteiger partial charge in [-0.05, 0) is 68.2 Å². The standard InChI is InChI=1S/C21H27N3O6S2/c1-16-8-11-23(12-9-16)19(20-3-2-13-30-20)15-22-32(28,29)18-6-4-17(5-7-18)24-21(25)10-14-31(24,26)27/h2-7,13,16,19,22H,8-12,14-15H2,1H3/t19-/m0/s1. The Balaban J connectivity index is 1.49. The summed E-state index contributed by atoms with van der Waals surface area (Å²) in [5.74, 6) is 0.591. The summed E-state index contributed by atoms with van der Waals surface area (Å²) in [4.78, 5) is 14.2. The van der Waals surface area contributed by atoms with Crippen molar-refractivity contribution >= 4 is 31.6 Å². The second kappa shape index (κ2) is 8.97. The number of rotatable bonds is 7. The van der Waals surface area contributed by atoms with Gasteiger partial charge in [0.05, 0.1) is 28.6 Å². The lowest BCUT2D eigenvalue weighted by atomic mass is 9.97. The van der Waals surface area contributed by atoms with E-state index < -0.39 is 26.0 Å². The largest absolute Gasteiger partial charge is 0.468 e. The first-order chi connectivity index (χ1) is 15.2. The molecule has 1 N–H and O–H groups in total. The highest BCUT2D eigenvalue weighted by Crippen LogP contribution is 2.28. The highest BCUT2D eigenvalue weighted by Gasteiger charge is 2.36. The van der Waals surface area contributed by atoms with Gasteiger partial charge in [0.25, 0.3) is 0 Å². The number of carbonyl (C=O) groups excluding carboxylic acids is 1. The Morgan fingerprint density at radius 1 is 1.16 bits per heavy atom. The van der Waals surface area contributed by atoms with Crippen molar-refractivity contribution in [3.8, 4) is 0 Å². The molecule has 3 heterocycles. The van der Waals surface area contributed by atoms with Crippen LogP contribution in [0.1, 0.15) is 38.0 Å². The van der Waals surface area contributed by atoms with Crippen LogP contribution in [0.15, 0.2) is 52.0 Å². The molecule has 2 aliphatic rings. The topological polar surface area (TPSA) is 117 Å². The molecule has 11 heteroatoms. The molecule has 4 rings (SSSR count). The zero-order valence-electron chi connectivity index (χ0n) is 17.8. The fourth-order valence-electron chi connectivity index (χ4n) is 4.13. The van der Waals surface area contributed by atoms with Gasteiger partial charge in [0.1, 0.15) is 5.76 Å². The minimum atomic E-state index is -3.85. The van der Waals surface area contributed by atoms with E-state index in [1.807, 2.05) is 6.07 Å². The Kier molecular flexibility index (Phi) is 6.44. The van der Waals surface area contributed by atoms with Gasteiger partial charge in [-0.15, -0.1) is 0 Å². The number of hydrogen-bond acceptors (Lipinski definition) is 7. The first-order valence-corrected chi connectivity index (χ1v) is 13.7. The molecule has 0 saturated carbocycles. The molecule has 1 aromatic carbocycles. The van der Waals surface area contributed by atoms with Crippen LogP contribution < -0.4 is 9.03 Å². The van der Waals surface area contributed by atoms with E-state index in [9.17, 15) is 21.6 Å². The molecule has 9 nitrogen and oxygen atoms in total. The summed E-state index contributed by atoms with van der Waals surface area (Å²) in [5, 5.41) is 0. The molecule has 0 radical (unpaired) electrons. The number of anilines is 1. The number of nitrogens with one attached hydrogen (secondary N) is 1. The number of likely N-dealkylation sites (tertiary alicyclic amines) is 1. The van der Waals surface area contributed by atoms with E-state index in [-0.39, 0.29) is 35.3 Å². The minimum Gasteiger partial charge on any atom is -0.468 e. The molecule has 32 heavy (non-hydrogen) atoms. The molecule has 2 fully saturated rings. The third kappa shape index (κ3) is 4.75. The maximum Gasteiger partial charge on any atom is 0.242 e. The van der Waals surface area contributed by atoms with E-state index in [2.05, 4.69) is 16.5 Å². The highest BCUT2D eigenvalue weighted by atomic mass is 32.2. The second-order valence-electron chi connectivity index (χ2n) is 8.32. The number of piperidine rings is 1. The number of amides is 1. The minimum absolute atomic E-state index is 0.00393. The normalized spacial score (nSPS) is 21.2. The Hall–Kier alpha value is -2.21. The van der Waals surface area contributed by atoms with Crippen LogP contribution in [-0.4, -0.2) is 53.0 Å². The predicted octanol–water partition coefficient (Wildman–Crippen LogP) is 2.10. The molecule has 2 saturated heterocycles. The molecule has 1 aromatic heterocycles. The van der Waals surface area contributed by atoms with E-state index in [4.69, 9.17) is 4.42 Å². The Bertz CT molecular complexity index is 1150. The quantitative estimate of drug-likeness (QED) is 0.644. The van der Waals surface area contributed by atoms with Crippen LogP contribution in [0.3, 0.4) is 0 Å². The average Bonchev–Trinajstić information content (AvgIpc) is 3.37. The summed E-state index contributed by atoms with van der Waals surface area (Å²) in [5.41, 5.74) is 0.141. The summed E-state index contributed by atoms with van der Waals surface area (Å²) < 4.78 is 58.9. The monoisotopic (exact) mass is 481 g/mol. The van der Waals surface area contributed by atoms with Crippen molar-refractivity contribution in [2.75, 3.05) is 29.7 Å². The summed E-state index contributed by atoms with van der Waals surface area (Å²) in [7, 11) is -7.55. The molecule has 174 valence electrons. The van der Waals surface area contributed by atoms with Gasteiger partial charge in [0.2, 0.25) is 26.0 Å². The zero-order chi connectivity index (χ0) is 22.9. The fourth-order valence-corrected chi connectivity index (χ4v) is 6.63. The number of furan rings is 1. The Morgan fingerprint density at radius 2 is 1.84 bits per heavy atom. The van der Waals surface area contributed by atoms with Crippen LogP contribution in [0.4, 0.5) is 5.69 Å². The molecule has 1 amide bonds. The van der Waals surface area contributed by atoms with E-state index in [1.165, 1.54) is 24.3 Å². The van der Waals surface area contributed by atoms with Crippen molar-refractivity contribution < 1.29 is 26.0 Å². The van der Waals surface area contributed by atoms with E-state index in [0.29, 0.717) is 11.7 Å². The van der Waals surface area contributed by atoms with Crippen molar-refractivity contribution in [1.82, 2.24) is 9.62 Å². The van der Waals surface area contributed by atoms with E-state index >= 15 is 0 Å². The van der Waals surface area contributed by atoms with Crippen molar-refractivity contribution in [3.63, 3.8) is 0 Å². The zero-order valence-corrected chi connectivity index (χ0v) is 19.4. The molecule has 1 atom stereocenters. The average molecular weight is 482 g/mol. The van der Waals surface area contributed by atoms with Crippen LogP contribution in [-0.2, 0) is 24.8 Å². The molecule has 2 aliphatic heterocycles. The van der Waals surface area contributed by atoms with Gasteiger partial charge in [0, 0.05) is 13.0 Å². The predicted molar refractivity (Wildman–Crippen MR) is 119 cm³/mol. The Morgan fingerprint density at radius 3 is 2.41 bits per heavy atom. The van der Waals surface area contributed by atoms with Gasteiger partial charge >= 0.3 is 0 Å². The van der Waals surface area contributed by atoms with Crippen molar-refractivity contribution in [1.29, 1.82) is 0 Å². The maximum atomic E-state index is 12.9. The summed E-state index contributed by atoms with van der Waals surface area (Å²) in [6, 6.07) is 8.71. The molecule has 0 spiro atoms. The molecular formula is C21H27N3O6S2. The van der Waals surface area contributed by atoms with Crippen LogP contribution >= 0.6 is 0 Å². The van der Waals surface area contributed by atoms with E-state index in [1.54, 1.807) is 12.3 Å². The smallest absolute Gasteiger partial charge is 0.242 e. The fraction of sp³-hybridized carbons (Fsp3) is 0.476. The molecule has 0 bridgehead atoms. The first-order valence-electron chi connectivity index (χ1n) is 10.6. The first kappa shape index (κ1) is 23.0. The highest BCUT2D eigenvalue weighted by molar-refractivity contribution is 7.94. The SMILES string of the molecule is CC1CCN([C@@H](CNS(=O)(=O)c2ccc(N3C(=O)CCS3(=O)=O)cc2)c2ccco2)CC1. The number of benzene rings is 1. The molecule has 0 aliphatic carbocycles. The van der Waals surface area contributed by atoms with Gasteiger partial charge in [0.15, 0.2) is 0 Å². The maximum absolute atomic E-state index is 12.9. The van der Waals surface area contributed by atoms with Gasteiger partial charge in [-0.25, -0.2) is 25.9 Å². The third-order valence-electron chi connectivity index (χ3n) is 6.06. The van der Waals surface area contributed by atoms with Gasteiger partial charge in [-0.2, -0.15) is 0 Å². The van der Waals surface area contributed by atoms with Gasteiger partial charge < -0.3 is 4.42 Å². The third-order valence-corrected chi connectivity index (χ3v) is 9.19. The molecular weight excluding hydrogens is 454 g/mol. The lowest BCUT2D eigenvalue weighted by Gasteiger charge is -2.35. The Labute approximate surface area is 188 Å². The number of carbonyl (C=O) groups is 1. The van der Waals surface area contributed by atoms with Crippen molar-refractivity contribution in [2.24, 2.45) is 5.92 Å². The van der Waals surface area contributed by atoms with Crippen molar-refractivity contribution in [2.45, 2.75) is 37.1 Å². The van der Waals surface area contributed by atoms with Crippen LogP contribution in [0.5, 0.6) is 0 Å². The number of hydrogen-bond donors (Lipinski definition) is 1. The lowest BCUT2D eigenvalue weighted by Crippen LogP contribution is -2.41. The van der Waals surface area contributed by atoms with Crippen LogP contribution in [0.2, 0.25) is 0 Å². The lowest BCUT2D eigenvalue weighted by molar-refractivity contribution is -0.116. The second-order valence-corrected chi connectivity index (χ2v) is 12.0. The number of sulfonamides is 2. The summed E-state index contributed by atoms with van der Waals surface area (Å²) >= 11 is 0. The number of nitrogens with zero attached hydrogens (tertiary/aromatic N) is 2. The molecule has 0 unspecified atom stereocenters. The summed E-state index contributed by atoms with van der Waals surface area (Å²) in [6.07, 6.45) is 3.59. The van der Waals surface area contributed by atoms with Crippen LogP contribution in [0.25, 0.3) is 0 Å². The van der Waals surface area contributed by atoms with Crippen LogP contribution in [0, 0.1) is 5.92 Å². The van der Waals surface area contributed by atoms with Gasteiger partial charge in [-0.1, -0.05) is 6.92 Å². The van der Waals surface area contributed by atoms with Gasteiger partial charge in [-0.3, -0.25) is 9.69 Å². The summed E-state index contributed by atoms with van der Waals surface area (Å²) in [6.45, 7) is 4.08. The molecule has 2 aromatic rings.